The molecular formula is C12H7F2NO2. The van der Waals surface area contributed by atoms with E-state index in [4.69, 9.17) is 5.11 Å². The highest BCUT2D eigenvalue weighted by Gasteiger charge is 2.13. The summed E-state index contributed by atoms with van der Waals surface area (Å²) in [6.45, 7) is 0. The van der Waals surface area contributed by atoms with Crippen LogP contribution >= 0.6 is 0 Å². The number of rotatable bonds is 2. The van der Waals surface area contributed by atoms with Crippen molar-refractivity contribution in [1.29, 1.82) is 0 Å². The van der Waals surface area contributed by atoms with Gasteiger partial charge in [-0.2, -0.15) is 4.39 Å². The maximum Gasteiger partial charge on any atom is 0.340 e. The third-order valence-electron chi connectivity index (χ3n) is 2.23. The molecule has 0 atom stereocenters. The number of nitrogens with zero attached hydrogens (tertiary/aromatic N) is 1. The number of carbonyl (C=O) groups is 1. The van der Waals surface area contributed by atoms with E-state index in [1.807, 2.05) is 0 Å². The van der Waals surface area contributed by atoms with Crippen LogP contribution in [0.1, 0.15) is 10.4 Å². The van der Waals surface area contributed by atoms with E-state index in [1.54, 1.807) is 6.07 Å². The van der Waals surface area contributed by atoms with Crippen molar-refractivity contribution in [3.63, 3.8) is 0 Å². The maximum absolute atomic E-state index is 13.0. The van der Waals surface area contributed by atoms with E-state index in [9.17, 15) is 13.6 Å². The molecule has 0 aliphatic rings. The van der Waals surface area contributed by atoms with E-state index < -0.39 is 23.3 Å². The topological polar surface area (TPSA) is 50.2 Å². The Hall–Kier alpha value is -2.30. The number of carboxylic acids is 1. The van der Waals surface area contributed by atoms with Gasteiger partial charge in [0.25, 0.3) is 0 Å². The van der Waals surface area contributed by atoms with Crippen LogP contribution in [0.3, 0.4) is 0 Å². The van der Waals surface area contributed by atoms with Crippen LogP contribution in [-0.4, -0.2) is 16.1 Å². The van der Waals surface area contributed by atoms with Crippen molar-refractivity contribution in [1.82, 2.24) is 4.98 Å². The van der Waals surface area contributed by atoms with Gasteiger partial charge in [0, 0.05) is 11.8 Å². The smallest absolute Gasteiger partial charge is 0.340 e. The fraction of sp³-hybridized carbons (Fsp3) is 0. The fourth-order valence-electron chi connectivity index (χ4n) is 1.42. The third-order valence-corrected chi connectivity index (χ3v) is 2.23. The normalized spacial score (nSPS) is 10.2. The molecule has 0 bridgehead atoms. The molecule has 0 aliphatic carbocycles. The highest BCUT2D eigenvalue weighted by Crippen LogP contribution is 2.21. The molecule has 0 aliphatic heterocycles. The second kappa shape index (κ2) is 4.29. The SMILES string of the molecule is O=C(O)c1cc(-c2cccc(F)c2)cnc1F. The predicted octanol–water partition coefficient (Wildman–Crippen LogP) is 2.73. The van der Waals surface area contributed by atoms with Crippen LogP contribution in [-0.2, 0) is 0 Å². The number of hydrogen-bond acceptors (Lipinski definition) is 2. The summed E-state index contributed by atoms with van der Waals surface area (Å²) in [6.07, 6.45) is 1.16. The molecule has 2 rings (SSSR count). The largest absolute Gasteiger partial charge is 0.478 e. The number of halogens is 2. The monoisotopic (exact) mass is 235 g/mol. The molecule has 0 spiro atoms. The fourth-order valence-corrected chi connectivity index (χ4v) is 1.42. The maximum atomic E-state index is 13.0. The van der Waals surface area contributed by atoms with E-state index in [0.29, 0.717) is 11.1 Å². The van der Waals surface area contributed by atoms with Crippen LogP contribution in [0.25, 0.3) is 11.1 Å². The zero-order valence-electron chi connectivity index (χ0n) is 8.52. The van der Waals surface area contributed by atoms with Gasteiger partial charge in [-0.25, -0.2) is 14.2 Å². The van der Waals surface area contributed by atoms with Crippen molar-refractivity contribution >= 4 is 5.97 Å². The molecule has 0 saturated heterocycles. The van der Waals surface area contributed by atoms with Crippen molar-refractivity contribution in [3.8, 4) is 11.1 Å². The highest BCUT2D eigenvalue weighted by atomic mass is 19.1. The molecule has 5 heteroatoms. The molecule has 1 heterocycles. The van der Waals surface area contributed by atoms with Crippen molar-refractivity contribution in [2.75, 3.05) is 0 Å². The summed E-state index contributed by atoms with van der Waals surface area (Å²) in [6, 6.07) is 6.68. The molecule has 1 N–H and O–H groups in total. The molecule has 0 radical (unpaired) electrons. The van der Waals surface area contributed by atoms with Gasteiger partial charge in [-0.15, -0.1) is 0 Å². The van der Waals surface area contributed by atoms with Gasteiger partial charge < -0.3 is 5.11 Å². The summed E-state index contributed by atoms with van der Waals surface area (Å²) in [5, 5.41) is 8.74. The summed E-state index contributed by atoms with van der Waals surface area (Å²) < 4.78 is 26.0. The van der Waals surface area contributed by atoms with E-state index in [0.717, 1.165) is 12.3 Å². The minimum Gasteiger partial charge on any atom is -0.478 e. The molecule has 2 aromatic rings. The van der Waals surface area contributed by atoms with Gasteiger partial charge >= 0.3 is 5.97 Å². The van der Waals surface area contributed by atoms with Gasteiger partial charge in [0.05, 0.1) is 0 Å². The molecule has 17 heavy (non-hydrogen) atoms. The number of aromatic carboxylic acids is 1. The number of aromatic nitrogens is 1. The Labute approximate surface area is 95.4 Å². The zero-order chi connectivity index (χ0) is 12.4. The Kier molecular flexibility index (Phi) is 2.82. The Morgan fingerprint density at radius 1 is 1.18 bits per heavy atom. The quantitative estimate of drug-likeness (QED) is 0.814. The number of pyridine rings is 1. The lowest BCUT2D eigenvalue weighted by molar-refractivity contribution is 0.0691. The van der Waals surface area contributed by atoms with Gasteiger partial charge in [0.15, 0.2) is 0 Å². The first-order valence-corrected chi connectivity index (χ1v) is 4.72. The van der Waals surface area contributed by atoms with Gasteiger partial charge in [-0.1, -0.05) is 12.1 Å². The van der Waals surface area contributed by atoms with Crippen molar-refractivity contribution < 1.29 is 18.7 Å². The number of carboxylic acid groups (broad SMARTS) is 1. The van der Waals surface area contributed by atoms with E-state index in [-0.39, 0.29) is 0 Å². The average molecular weight is 235 g/mol. The standard InChI is InChI=1S/C12H7F2NO2/c13-9-3-1-2-7(4-9)8-5-10(12(16)17)11(14)15-6-8/h1-6H,(H,16,17). The zero-order valence-corrected chi connectivity index (χ0v) is 8.52. The Bertz CT molecular complexity index is 584. The summed E-state index contributed by atoms with van der Waals surface area (Å²) in [5.41, 5.74) is 0.259. The van der Waals surface area contributed by atoms with Crippen LogP contribution in [0.5, 0.6) is 0 Å². The molecule has 3 nitrogen and oxygen atoms in total. The first-order chi connectivity index (χ1) is 8.08. The Balaban J connectivity index is 2.54. The van der Waals surface area contributed by atoms with Gasteiger partial charge in [-0.05, 0) is 23.8 Å². The second-order valence-electron chi connectivity index (χ2n) is 3.38. The minimum absolute atomic E-state index is 0.350. The lowest BCUT2D eigenvalue weighted by Crippen LogP contribution is -2.02. The van der Waals surface area contributed by atoms with Gasteiger partial charge in [0.2, 0.25) is 5.95 Å². The molecule has 0 unspecified atom stereocenters. The van der Waals surface area contributed by atoms with E-state index in [1.165, 1.54) is 18.2 Å². The molecule has 0 fully saturated rings. The predicted molar refractivity (Wildman–Crippen MR) is 56.5 cm³/mol. The summed E-state index contributed by atoms with van der Waals surface area (Å²) in [7, 11) is 0. The van der Waals surface area contributed by atoms with Gasteiger partial charge in [0.1, 0.15) is 11.4 Å². The highest BCUT2D eigenvalue weighted by molar-refractivity contribution is 5.89. The van der Waals surface area contributed by atoms with Gasteiger partial charge in [-0.3, -0.25) is 0 Å². The molecule has 1 aromatic carbocycles. The van der Waals surface area contributed by atoms with Crippen molar-refractivity contribution in [2.45, 2.75) is 0 Å². The summed E-state index contributed by atoms with van der Waals surface area (Å²) in [5.74, 6) is -2.92. The first-order valence-electron chi connectivity index (χ1n) is 4.72. The third kappa shape index (κ3) is 2.28. The van der Waals surface area contributed by atoms with Crippen LogP contribution in [0.15, 0.2) is 36.5 Å². The molecular weight excluding hydrogens is 228 g/mol. The Morgan fingerprint density at radius 3 is 2.59 bits per heavy atom. The molecule has 0 amide bonds. The summed E-state index contributed by atoms with van der Waals surface area (Å²) in [4.78, 5) is 14.1. The van der Waals surface area contributed by atoms with Crippen LogP contribution in [0, 0.1) is 11.8 Å². The minimum atomic E-state index is -1.41. The van der Waals surface area contributed by atoms with Crippen molar-refractivity contribution in [3.05, 3.63) is 53.9 Å². The number of hydrogen-bond donors (Lipinski definition) is 1. The molecule has 1 aromatic heterocycles. The molecule has 86 valence electrons. The Morgan fingerprint density at radius 2 is 1.94 bits per heavy atom. The first kappa shape index (κ1) is 11.2. The van der Waals surface area contributed by atoms with Crippen LogP contribution in [0.2, 0.25) is 0 Å². The van der Waals surface area contributed by atoms with E-state index in [2.05, 4.69) is 4.98 Å². The molecule has 0 saturated carbocycles. The number of benzene rings is 1. The van der Waals surface area contributed by atoms with Crippen molar-refractivity contribution in [2.24, 2.45) is 0 Å². The lowest BCUT2D eigenvalue weighted by Gasteiger charge is -2.03. The average Bonchev–Trinajstić information content (AvgIpc) is 2.29. The van der Waals surface area contributed by atoms with E-state index >= 15 is 0 Å². The van der Waals surface area contributed by atoms with Crippen LogP contribution in [0.4, 0.5) is 8.78 Å². The van der Waals surface area contributed by atoms with Crippen LogP contribution < -0.4 is 0 Å². The summed E-state index contributed by atoms with van der Waals surface area (Å²) >= 11 is 0. The second-order valence-corrected chi connectivity index (χ2v) is 3.38. The lowest BCUT2D eigenvalue weighted by atomic mass is 10.1.